The molecule has 0 atom stereocenters. The Hall–Kier alpha value is -3.59. The van der Waals surface area contributed by atoms with Gasteiger partial charge in [0.2, 0.25) is 5.75 Å². The van der Waals surface area contributed by atoms with Gasteiger partial charge in [-0.05, 0) is 58.3 Å². The van der Waals surface area contributed by atoms with Crippen molar-refractivity contribution in [2.24, 2.45) is 7.05 Å². The maximum atomic E-state index is 5.48. The van der Waals surface area contributed by atoms with Gasteiger partial charge in [0.1, 0.15) is 11.0 Å². The van der Waals surface area contributed by atoms with Crippen LogP contribution in [-0.2, 0) is 13.5 Å². The second-order valence-electron chi connectivity index (χ2n) is 7.84. The molecule has 0 aliphatic carbocycles. The van der Waals surface area contributed by atoms with Crippen LogP contribution in [0.3, 0.4) is 0 Å². The number of rotatable bonds is 9. The highest BCUT2D eigenvalue weighted by atomic mass is 79.9. The monoisotopic (exact) mass is 537 g/mol. The zero-order chi connectivity index (χ0) is 24.9. The van der Waals surface area contributed by atoms with Gasteiger partial charge in [-0.25, -0.2) is 9.97 Å². The molecule has 0 saturated heterocycles. The van der Waals surface area contributed by atoms with E-state index in [1.165, 1.54) is 0 Å². The van der Waals surface area contributed by atoms with Crippen LogP contribution >= 0.6 is 15.9 Å². The van der Waals surface area contributed by atoms with Crippen LogP contribution in [0.1, 0.15) is 30.4 Å². The Morgan fingerprint density at radius 2 is 1.71 bits per heavy atom. The molecule has 0 fully saturated rings. The van der Waals surface area contributed by atoms with Gasteiger partial charge in [0, 0.05) is 11.5 Å². The molecule has 0 aliphatic heterocycles. The lowest BCUT2D eigenvalue weighted by Crippen LogP contribution is -2.02. The third-order valence-corrected chi connectivity index (χ3v) is 6.19. The number of anilines is 2. The summed E-state index contributed by atoms with van der Waals surface area (Å²) in [7, 11) is 6.69. The molecule has 8 nitrogen and oxygen atoms in total. The number of hydrogen-bond donors (Lipinski definition) is 1. The SMILES string of the molecule is CCCc1nn(C)c2c(Nc3ccccc3Br)nc(/C=C/c3cc(OC)c(OC)c(OC)c3)nc12. The fraction of sp³-hybridized carbons (Fsp3) is 0.269. The highest BCUT2D eigenvalue weighted by molar-refractivity contribution is 9.10. The summed E-state index contributed by atoms with van der Waals surface area (Å²) >= 11 is 3.61. The van der Waals surface area contributed by atoms with E-state index in [2.05, 4.69) is 28.2 Å². The Morgan fingerprint density at radius 1 is 1.00 bits per heavy atom. The molecule has 35 heavy (non-hydrogen) atoms. The number of hydrogen-bond acceptors (Lipinski definition) is 7. The summed E-state index contributed by atoms with van der Waals surface area (Å²) in [5.74, 6) is 2.95. The number of nitrogens with zero attached hydrogens (tertiary/aromatic N) is 4. The van der Waals surface area contributed by atoms with E-state index in [9.17, 15) is 0 Å². The highest BCUT2D eigenvalue weighted by Crippen LogP contribution is 2.38. The topological polar surface area (TPSA) is 83.3 Å². The zero-order valence-corrected chi connectivity index (χ0v) is 22.0. The van der Waals surface area contributed by atoms with Gasteiger partial charge in [0.05, 0.1) is 32.7 Å². The number of nitrogens with one attached hydrogen (secondary N) is 1. The Kier molecular flexibility index (Phi) is 7.55. The standard InChI is InChI=1S/C26H28BrN5O3/c1-6-9-19-23-24(32(2)31-19)26(28-18-11-8-7-10-17(18)27)30-22(29-23)13-12-16-14-20(33-3)25(35-5)21(15-16)34-4/h7-8,10-15H,6,9H2,1-5H3,(H,28,29,30)/b13-12+. The summed E-state index contributed by atoms with van der Waals surface area (Å²) in [4.78, 5) is 9.68. The van der Waals surface area contributed by atoms with Gasteiger partial charge in [-0.2, -0.15) is 5.10 Å². The number of aromatic nitrogens is 4. The van der Waals surface area contributed by atoms with Crippen molar-refractivity contribution in [3.8, 4) is 17.2 Å². The van der Waals surface area contributed by atoms with E-state index in [4.69, 9.17) is 29.3 Å². The number of aryl methyl sites for hydroxylation is 2. The first-order valence-corrected chi connectivity index (χ1v) is 12.0. The van der Waals surface area contributed by atoms with Crippen molar-refractivity contribution >= 4 is 50.6 Å². The minimum Gasteiger partial charge on any atom is -0.493 e. The minimum atomic E-state index is 0.546. The minimum absolute atomic E-state index is 0.546. The fourth-order valence-electron chi connectivity index (χ4n) is 3.88. The maximum absolute atomic E-state index is 5.48. The number of ether oxygens (including phenoxy) is 3. The van der Waals surface area contributed by atoms with Crippen LogP contribution in [0.5, 0.6) is 17.2 Å². The molecule has 0 bridgehead atoms. The summed E-state index contributed by atoms with van der Waals surface area (Å²) in [6.07, 6.45) is 5.59. The van der Waals surface area contributed by atoms with Crippen molar-refractivity contribution in [1.82, 2.24) is 19.7 Å². The molecule has 0 spiro atoms. The van der Waals surface area contributed by atoms with E-state index in [1.54, 1.807) is 21.3 Å². The molecule has 182 valence electrons. The fourth-order valence-corrected chi connectivity index (χ4v) is 4.27. The van der Waals surface area contributed by atoms with Gasteiger partial charge in [-0.1, -0.05) is 31.6 Å². The average molecular weight is 538 g/mol. The van der Waals surface area contributed by atoms with Crippen LogP contribution in [0, 0.1) is 0 Å². The molecule has 9 heteroatoms. The smallest absolute Gasteiger partial charge is 0.203 e. The molecule has 0 unspecified atom stereocenters. The van der Waals surface area contributed by atoms with Gasteiger partial charge < -0.3 is 19.5 Å². The first kappa shape index (κ1) is 24.5. The van der Waals surface area contributed by atoms with E-state index in [-0.39, 0.29) is 0 Å². The number of fused-ring (bicyclic) bond motifs is 1. The van der Waals surface area contributed by atoms with Crippen LogP contribution in [0.4, 0.5) is 11.5 Å². The van der Waals surface area contributed by atoms with Crippen molar-refractivity contribution < 1.29 is 14.2 Å². The molecule has 4 aromatic rings. The molecular weight excluding hydrogens is 510 g/mol. The zero-order valence-electron chi connectivity index (χ0n) is 20.4. The lowest BCUT2D eigenvalue weighted by Gasteiger charge is -2.13. The predicted molar refractivity (Wildman–Crippen MR) is 143 cm³/mol. The van der Waals surface area contributed by atoms with E-state index >= 15 is 0 Å². The normalized spacial score (nSPS) is 11.3. The first-order chi connectivity index (χ1) is 17.0. The first-order valence-electron chi connectivity index (χ1n) is 11.2. The van der Waals surface area contributed by atoms with E-state index in [1.807, 2.05) is 60.3 Å². The van der Waals surface area contributed by atoms with E-state index in [0.717, 1.165) is 45.3 Å². The lowest BCUT2D eigenvalue weighted by atomic mass is 10.1. The Labute approximate surface area is 213 Å². The summed E-state index contributed by atoms with van der Waals surface area (Å²) in [5.41, 5.74) is 4.41. The Bertz CT molecular complexity index is 1360. The summed E-state index contributed by atoms with van der Waals surface area (Å²) in [6, 6.07) is 11.7. The van der Waals surface area contributed by atoms with Gasteiger partial charge in [0.25, 0.3) is 0 Å². The number of benzene rings is 2. The van der Waals surface area contributed by atoms with Crippen LogP contribution in [-0.4, -0.2) is 41.1 Å². The Balaban J connectivity index is 1.81. The van der Waals surface area contributed by atoms with Crippen molar-refractivity contribution in [3.05, 3.63) is 58.0 Å². The van der Waals surface area contributed by atoms with Crippen molar-refractivity contribution in [2.45, 2.75) is 19.8 Å². The molecule has 2 heterocycles. The third-order valence-electron chi connectivity index (χ3n) is 5.49. The maximum Gasteiger partial charge on any atom is 0.203 e. The lowest BCUT2D eigenvalue weighted by molar-refractivity contribution is 0.324. The van der Waals surface area contributed by atoms with Gasteiger partial charge in [0.15, 0.2) is 23.1 Å². The Morgan fingerprint density at radius 3 is 2.34 bits per heavy atom. The average Bonchev–Trinajstić information content (AvgIpc) is 3.18. The van der Waals surface area contributed by atoms with Crippen LogP contribution < -0.4 is 19.5 Å². The predicted octanol–water partition coefficient (Wildman–Crippen LogP) is 6.02. The molecule has 2 aromatic carbocycles. The number of halogens is 1. The summed E-state index contributed by atoms with van der Waals surface area (Å²) in [5, 5.41) is 8.17. The quantitative estimate of drug-likeness (QED) is 0.279. The summed E-state index contributed by atoms with van der Waals surface area (Å²) < 4.78 is 19.2. The molecule has 1 N–H and O–H groups in total. The molecular formula is C26H28BrN5O3. The molecule has 0 aliphatic rings. The highest BCUT2D eigenvalue weighted by Gasteiger charge is 2.17. The van der Waals surface area contributed by atoms with Crippen LogP contribution in [0.15, 0.2) is 40.9 Å². The second kappa shape index (κ2) is 10.8. The van der Waals surface area contributed by atoms with Crippen LogP contribution in [0.2, 0.25) is 0 Å². The molecule has 0 radical (unpaired) electrons. The van der Waals surface area contributed by atoms with Gasteiger partial charge in [-0.3, -0.25) is 4.68 Å². The number of methoxy groups -OCH3 is 3. The van der Waals surface area contributed by atoms with Gasteiger partial charge in [-0.15, -0.1) is 0 Å². The molecule has 0 saturated carbocycles. The molecule has 4 rings (SSSR count). The second-order valence-corrected chi connectivity index (χ2v) is 8.70. The third kappa shape index (κ3) is 5.09. The number of para-hydroxylation sites is 1. The summed E-state index contributed by atoms with van der Waals surface area (Å²) in [6.45, 7) is 2.13. The largest absolute Gasteiger partial charge is 0.493 e. The van der Waals surface area contributed by atoms with E-state index < -0.39 is 0 Å². The van der Waals surface area contributed by atoms with Crippen molar-refractivity contribution in [1.29, 1.82) is 0 Å². The van der Waals surface area contributed by atoms with E-state index in [0.29, 0.717) is 28.9 Å². The molecule has 0 amide bonds. The van der Waals surface area contributed by atoms with Crippen molar-refractivity contribution in [3.63, 3.8) is 0 Å². The van der Waals surface area contributed by atoms with Crippen LogP contribution in [0.25, 0.3) is 23.2 Å². The van der Waals surface area contributed by atoms with Crippen molar-refractivity contribution in [2.75, 3.05) is 26.6 Å². The molecule has 2 aromatic heterocycles. The van der Waals surface area contributed by atoms with Gasteiger partial charge >= 0.3 is 0 Å².